The van der Waals surface area contributed by atoms with Gasteiger partial charge in [-0.2, -0.15) is 0 Å². The van der Waals surface area contributed by atoms with Gasteiger partial charge in [0.2, 0.25) is 5.89 Å². The Morgan fingerprint density at radius 3 is 1.61 bits per heavy atom. The molecule has 0 atom stereocenters. The minimum Gasteiger partial charge on any atom is -0.436 e. The first-order chi connectivity index (χ1) is 25.3. The number of hydrogen-bond acceptors (Lipinski definition) is 3. The number of aromatic nitrogens is 2. The fourth-order valence-electron chi connectivity index (χ4n) is 7.47. The number of pyridine rings is 1. The summed E-state index contributed by atoms with van der Waals surface area (Å²) in [5.74, 6) is 0.605. The highest BCUT2D eigenvalue weighted by atomic mass is 16.3. The summed E-state index contributed by atoms with van der Waals surface area (Å²) >= 11 is 0. The van der Waals surface area contributed by atoms with Gasteiger partial charge in [0.05, 0.1) is 0 Å². The number of rotatable bonds is 5. The van der Waals surface area contributed by atoms with Crippen LogP contribution in [0.4, 0.5) is 0 Å². The number of nitrogens with zero attached hydrogens (tertiary/aromatic N) is 2. The molecule has 51 heavy (non-hydrogen) atoms. The molecule has 0 saturated heterocycles. The fraction of sp³-hybridized carbons (Fsp3) is 0. The Balaban J connectivity index is 1.06. The zero-order valence-electron chi connectivity index (χ0n) is 27.6. The summed E-state index contributed by atoms with van der Waals surface area (Å²) in [6.07, 6.45) is 3.77. The topological polar surface area (TPSA) is 38.9 Å². The van der Waals surface area contributed by atoms with Gasteiger partial charge >= 0.3 is 0 Å². The molecule has 10 aromatic rings. The highest BCUT2D eigenvalue weighted by Gasteiger charge is 2.18. The van der Waals surface area contributed by atoms with Gasteiger partial charge in [-0.1, -0.05) is 140 Å². The summed E-state index contributed by atoms with van der Waals surface area (Å²) in [4.78, 5) is 9.45. The average Bonchev–Trinajstić information content (AvgIpc) is 3.65. The van der Waals surface area contributed by atoms with Crippen molar-refractivity contribution in [2.45, 2.75) is 0 Å². The fourth-order valence-corrected chi connectivity index (χ4v) is 7.47. The molecule has 0 radical (unpaired) electrons. The summed E-state index contributed by atoms with van der Waals surface area (Å²) in [6, 6.07) is 60.2. The molecule has 0 bridgehead atoms. The Labute approximate surface area is 295 Å². The van der Waals surface area contributed by atoms with Gasteiger partial charge in [-0.3, -0.25) is 4.98 Å². The second kappa shape index (κ2) is 11.9. The van der Waals surface area contributed by atoms with Gasteiger partial charge in [0, 0.05) is 28.9 Å². The van der Waals surface area contributed by atoms with E-state index in [9.17, 15) is 0 Å². The standard InChI is InChI=1S/C48H30N2O/c1-3-13-39-33(8-1)10-5-16-42(39)38-28-45(44-17-6-11-34-9-2-4-14-41(34)44)47-46(29-38)51-48(50-47)36-24-20-32(21-25-36)31-18-22-35(23-19-31)40-15-7-12-37-30-49-27-26-43(37)40/h1-30H. The van der Waals surface area contributed by atoms with Crippen molar-refractivity contribution in [3.63, 3.8) is 0 Å². The van der Waals surface area contributed by atoms with E-state index in [1.165, 1.54) is 43.6 Å². The summed E-state index contributed by atoms with van der Waals surface area (Å²) in [5.41, 5.74) is 11.7. The van der Waals surface area contributed by atoms with Crippen molar-refractivity contribution in [2.24, 2.45) is 0 Å². The van der Waals surface area contributed by atoms with Crippen LogP contribution in [-0.4, -0.2) is 9.97 Å². The van der Waals surface area contributed by atoms with Crippen LogP contribution in [-0.2, 0) is 0 Å². The average molecular weight is 651 g/mol. The molecule has 3 nitrogen and oxygen atoms in total. The quantitative estimate of drug-likeness (QED) is 0.186. The predicted octanol–water partition coefficient (Wildman–Crippen LogP) is 13.0. The lowest BCUT2D eigenvalue weighted by molar-refractivity contribution is 0.620. The Kier molecular flexibility index (Phi) is 6.81. The number of oxazole rings is 1. The molecular formula is C48H30N2O. The van der Waals surface area contributed by atoms with Gasteiger partial charge in [0.15, 0.2) is 5.58 Å². The van der Waals surface area contributed by atoms with E-state index >= 15 is 0 Å². The van der Waals surface area contributed by atoms with Crippen molar-refractivity contribution in [1.29, 1.82) is 0 Å². The summed E-state index contributed by atoms with van der Waals surface area (Å²) < 4.78 is 6.63. The molecule has 8 aromatic carbocycles. The maximum absolute atomic E-state index is 6.63. The number of hydrogen-bond donors (Lipinski definition) is 0. The molecule has 238 valence electrons. The molecule has 2 aromatic heterocycles. The zero-order valence-corrected chi connectivity index (χ0v) is 27.6. The third kappa shape index (κ3) is 5.06. The highest BCUT2D eigenvalue weighted by Crippen LogP contribution is 2.41. The van der Waals surface area contributed by atoms with Crippen LogP contribution in [0.2, 0.25) is 0 Å². The van der Waals surface area contributed by atoms with Crippen molar-refractivity contribution in [1.82, 2.24) is 9.97 Å². The van der Waals surface area contributed by atoms with E-state index < -0.39 is 0 Å². The van der Waals surface area contributed by atoms with Crippen molar-refractivity contribution in [3.8, 4) is 56.0 Å². The lowest BCUT2D eigenvalue weighted by Crippen LogP contribution is -1.87. The van der Waals surface area contributed by atoms with Crippen LogP contribution < -0.4 is 0 Å². The Bertz CT molecular complexity index is 2890. The van der Waals surface area contributed by atoms with Gasteiger partial charge in [0.1, 0.15) is 5.52 Å². The predicted molar refractivity (Wildman–Crippen MR) is 212 cm³/mol. The van der Waals surface area contributed by atoms with Gasteiger partial charge < -0.3 is 4.42 Å². The lowest BCUT2D eigenvalue weighted by Gasteiger charge is -2.11. The molecular weight excluding hydrogens is 621 g/mol. The molecule has 0 amide bonds. The van der Waals surface area contributed by atoms with Crippen molar-refractivity contribution < 1.29 is 4.42 Å². The maximum Gasteiger partial charge on any atom is 0.227 e. The normalized spacial score (nSPS) is 11.5. The molecule has 0 aliphatic heterocycles. The number of fused-ring (bicyclic) bond motifs is 4. The van der Waals surface area contributed by atoms with E-state index in [4.69, 9.17) is 9.40 Å². The van der Waals surface area contributed by atoms with Gasteiger partial charge in [-0.15, -0.1) is 0 Å². The van der Waals surface area contributed by atoms with Crippen LogP contribution in [0.5, 0.6) is 0 Å². The van der Waals surface area contributed by atoms with Crippen LogP contribution in [0.25, 0.3) is 99.4 Å². The second-order valence-corrected chi connectivity index (χ2v) is 13.0. The maximum atomic E-state index is 6.63. The van der Waals surface area contributed by atoms with Crippen LogP contribution >= 0.6 is 0 Å². The Morgan fingerprint density at radius 1 is 0.373 bits per heavy atom. The molecule has 0 fully saturated rings. The van der Waals surface area contributed by atoms with Crippen LogP contribution in [0.3, 0.4) is 0 Å². The molecule has 3 heteroatoms. The van der Waals surface area contributed by atoms with Crippen LogP contribution in [0, 0.1) is 0 Å². The van der Waals surface area contributed by atoms with E-state index in [2.05, 4.69) is 175 Å². The van der Waals surface area contributed by atoms with E-state index in [1.807, 2.05) is 12.4 Å². The molecule has 0 aliphatic rings. The van der Waals surface area contributed by atoms with Crippen molar-refractivity contribution in [2.75, 3.05) is 0 Å². The first-order valence-electron chi connectivity index (χ1n) is 17.2. The third-order valence-electron chi connectivity index (χ3n) is 10.0. The molecule has 0 N–H and O–H groups in total. The van der Waals surface area contributed by atoms with Gasteiger partial charge in [-0.05, 0) is 96.2 Å². The van der Waals surface area contributed by atoms with Crippen molar-refractivity contribution >= 4 is 43.4 Å². The van der Waals surface area contributed by atoms with Gasteiger partial charge in [-0.25, -0.2) is 4.98 Å². The first kappa shape index (κ1) is 29.1. The van der Waals surface area contributed by atoms with E-state index in [0.717, 1.165) is 49.9 Å². The molecule has 0 unspecified atom stereocenters. The van der Waals surface area contributed by atoms with Gasteiger partial charge in [0.25, 0.3) is 0 Å². The summed E-state index contributed by atoms with van der Waals surface area (Å²) in [5, 5.41) is 7.15. The highest BCUT2D eigenvalue weighted by molar-refractivity contribution is 6.07. The summed E-state index contributed by atoms with van der Waals surface area (Å²) in [6.45, 7) is 0. The lowest BCUT2D eigenvalue weighted by atomic mass is 9.92. The SMILES string of the molecule is c1ccc2c(-c3cc(-c4cccc5ccccc45)c4nc(-c5ccc(-c6ccc(-c7cccc8cnccc78)cc6)cc5)oc4c3)cccc2c1. The molecule has 10 rings (SSSR count). The molecule has 0 saturated carbocycles. The van der Waals surface area contributed by atoms with E-state index in [0.29, 0.717) is 5.89 Å². The molecule has 0 aliphatic carbocycles. The second-order valence-electron chi connectivity index (χ2n) is 13.0. The largest absolute Gasteiger partial charge is 0.436 e. The number of benzene rings is 8. The Hall–Kier alpha value is -6.84. The van der Waals surface area contributed by atoms with Crippen LogP contribution in [0.1, 0.15) is 0 Å². The molecule has 0 spiro atoms. The first-order valence-corrected chi connectivity index (χ1v) is 17.2. The summed E-state index contributed by atoms with van der Waals surface area (Å²) in [7, 11) is 0. The molecule has 2 heterocycles. The van der Waals surface area contributed by atoms with Crippen LogP contribution in [0.15, 0.2) is 187 Å². The smallest absolute Gasteiger partial charge is 0.227 e. The van der Waals surface area contributed by atoms with E-state index in [-0.39, 0.29) is 0 Å². The third-order valence-corrected chi connectivity index (χ3v) is 10.0. The Morgan fingerprint density at radius 2 is 0.902 bits per heavy atom. The van der Waals surface area contributed by atoms with E-state index in [1.54, 1.807) is 0 Å². The minimum atomic E-state index is 0.605. The van der Waals surface area contributed by atoms with Crippen molar-refractivity contribution in [3.05, 3.63) is 182 Å². The minimum absolute atomic E-state index is 0.605. The zero-order chi connectivity index (χ0) is 33.7. The monoisotopic (exact) mass is 650 g/mol.